The lowest BCUT2D eigenvalue weighted by Gasteiger charge is -2.23. The van der Waals surface area contributed by atoms with E-state index in [1.165, 1.54) is 0 Å². The first-order chi connectivity index (χ1) is 15.1. The highest BCUT2D eigenvalue weighted by Crippen LogP contribution is 2.30. The fraction of sp³-hybridized carbons (Fsp3) is 0.375. The molecular weight excluding hydrogens is 392 g/mol. The Morgan fingerprint density at radius 2 is 1.97 bits per heavy atom. The highest BCUT2D eigenvalue weighted by molar-refractivity contribution is 6.05. The van der Waals surface area contributed by atoms with E-state index in [9.17, 15) is 9.59 Å². The van der Waals surface area contributed by atoms with E-state index in [0.29, 0.717) is 38.6 Å². The first-order valence-electron chi connectivity index (χ1n) is 10.8. The van der Waals surface area contributed by atoms with E-state index in [2.05, 4.69) is 10.3 Å². The van der Waals surface area contributed by atoms with Gasteiger partial charge in [-0.15, -0.1) is 0 Å². The molecule has 2 aromatic rings. The number of carbonyl (C=O) groups is 2. The zero-order valence-corrected chi connectivity index (χ0v) is 17.8. The quantitative estimate of drug-likeness (QED) is 0.632. The number of carbonyl (C=O) groups excluding carboxylic acids is 2. The minimum atomic E-state index is -0.0206. The monoisotopic (exact) mass is 420 g/mol. The van der Waals surface area contributed by atoms with E-state index in [4.69, 9.17) is 4.74 Å². The van der Waals surface area contributed by atoms with Crippen molar-refractivity contribution in [3.63, 3.8) is 0 Å². The Kier molecular flexibility index (Phi) is 6.50. The van der Waals surface area contributed by atoms with E-state index >= 15 is 0 Å². The van der Waals surface area contributed by atoms with Gasteiger partial charge in [-0.05, 0) is 36.5 Å². The highest BCUT2D eigenvalue weighted by atomic mass is 16.5. The fourth-order valence-corrected chi connectivity index (χ4v) is 3.79. The van der Waals surface area contributed by atoms with Crippen LogP contribution in [-0.4, -0.2) is 47.8 Å². The molecule has 7 nitrogen and oxygen atoms in total. The molecule has 0 aromatic heterocycles. The summed E-state index contributed by atoms with van der Waals surface area (Å²) in [4.78, 5) is 32.1. The summed E-state index contributed by atoms with van der Waals surface area (Å²) in [5.41, 5.74) is 3.08. The number of fused-ring (bicyclic) bond motifs is 2. The zero-order chi connectivity index (χ0) is 21.6. The molecular formula is C24H28N4O3. The van der Waals surface area contributed by atoms with Gasteiger partial charge in [0.05, 0.1) is 12.3 Å². The van der Waals surface area contributed by atoms with Gasteiger partial charge in [0.15, 0.2) is 0 Å². The lowest BCUT2D eigenvalue weighted by atomic mass is 10.1. The molecule has 0 saturated carbocycles. The Morgan fingerprint density at radius 3 is 2.81 bits per heavy atom. The van der Waals surface area contributed by atoms with Gasteiger partial charge in [-0.1, -0.05) is 36.4 Å². The number of benzene rings is 2. The molecule has 0 bridgehead atoms. The third-order valence-corrected chi connectivity index (χ3v) is 5.52. The van der Waals surface area contributed by atoms with Crippen LogP contribution in [0.5, 0.6) is 5.75 Å². The molecule has 7 heteroatoms. The number of guanidine groups is 1. The molecule has 0 atom stereocenters. The number of ether oxygens (including phenoxy) is 1. The van der Waals surface area contributed by atoms with Crippen LogP contribution in [0.1, 0.15) is 36.8 Å². The maximum Gasteiger partial charge on any atom is 0.246 e. The number of nitrogens with zero attached hydrogens (tertiary/aromatic N) is 3. The fourth-order valence-electron chi connectivity index (χ4n) is 3.79. The SMILES string of the molecule is CN(Cc1ccccc1)C(=O)CCCCCOc1ccc2c(c1)N=C1NC(=O)CN1C2. The van der Waals surface area contributed by atoms with Crippen molar-refractivity contribution in [1.29, 1.82) is 0 Å². The van der Waals surface area contributed by atoms with Crippen molar-refractivity contribution in [2.45, 2.75) is 38.8 Å². The molecule has 2 aromatic carbocycles. The molecule has 1 saturated heterocycles. The Hall–Kier alpha value is -3.35. The molecule has 1 N–H and O–H groups in total. The second kappa shape index (κ2) is 9.64. The maximum absolute atomic E-state index is 12.3. The minimum absolute atomic E-state index is 0.0206. The molecule has 162 valence electrons. The van der Waals surface area contributed by atoms with E-state index in [-0.39, 0.29) is 11.8 Å². The van der Waals surface area contributed by atoms with Gasteiger partial charge in [-0.3, -0.25) is 14.9 Å². The van der Waals surface area contributed by atoms with Gasteiger partial charge in [0, 0.05) is 32.6 Å². The van der Waals surface area contributed by atoms with Crippen molar-refractivity contribution in [2.75, 3.05) is 20.2 Å². The number of nitrogens with one attached hydrogen (secondary N) is 1. The highest BCUT2D eigenvalue weighted by Gasteiger charge is 2.29. The lowest BCUT2D eigenvalue weighted by molar-refractivity contribution is -0.130. The van der Waals surface area contributed by atoms with Crippen LogP contribution in [0.2, 0.25) is 0 Å². The van der Waals surface area contributed by atoms with Crippen molar-refractivity contribution in [3.05, 3.63) is 59.7 Å². The predicted octanol–water partition coefficient (Wildman–Crippen LogP) is 3.22. The van der Waals surface area contributed by atoms with Crippen molar-refractivity contribution in [1.82, 2.24) is 15.1 Å². The van der Waals surface area contributed by atoms with E-state index in [1.54, 1.807) is 4.90 Å². The third kappa shape index (κ3) is 5.42. The molecule has 0 aliphatic carbocycles. The van der Waals surface area contributed by atoms with Crippen LogP contribution in [0.4, 0.5) is 5.69 Å². The molecule has 0 spiro atoms. The Labute approximate surface area is 182 Å². The Morgan fingerprint density at radius 1 is 1.13 bits per heavy atom. The molecule has 0 unspecified atom stereocenters. The number of hydrogen-bond donors (Lipinski definition) is 1. The molecule has 1 fully saturated rings. The molecule has 31 heavy (non-hydrogen) atoms. The van der Waals surface area contributed by atoms with E-state index < -0.39 is 0 Å². The second-order valence-corrected chi connectivity index (χ2v) is 8.02. The molecule has 4 rings (SSSR count). The Bertz CT molecular complexity index is 974. The first-order valence-corrected chi connectivity index (χ1v) is 10.8. The summed E-state index contributed by atoms with van der Waals surface area (Å²) in [6.45, 7) is 2.29. The average molecular weight is 421 g/mol. The van der Waals surface area contributed by atoms with Crippen LogP contribution in [-0.2, 0) is 22.7 Å². The van der Waals surface area contributed by atoms with Gasteiger partial charge in [0.1, 0.15) is 12.3 Å². The third-order valence-electron chi connectivity index (χ3n) is 5.52. The average Bonchev–Trinajstić information content (AvgIpc) is 3.13. The largest absolute Gasteiger partial charge is 0.494 e. The normalized spacial score (nSPS) is 14.4. The van der Waals surface area contributed by atoms with E-state index in [1.807, 2.05) is 60.5 Å². The maximum atomic E-state index is 12.3. The number of rotatable bonds is 9. The molecule has 2 heterocycles. The number of amides is 2. The predicted molar refractivity (Wildman–Crippen MR) is 119 cm³/mol. The summed E-state index contributed by atoms with van der Waals surface area (Å²) in [5, 5.41) is 2.78. The summed E-state index contributed by atoms with van der Waals surface area (Å²) in [5.74, 6) is 1.55. The zero-order valence-electron chi connectivity index (χ0n) is 17.8. The molecule has 2 aliphatic rings. The van der Waals surface area contributed by atoms with Crippen LogP contribution in [0.3, 0.4) is 0 Å². The lowest BCUT2D eigenvalue weighted by Crippen LogP contribution is -2.31. The molecule has 2 amide bonds. The van der Waals surface area contributed by atoms with Crippen molar-refractivity contribution in [2.24, 2.45) is 4.99 Å². The first kappa shape index (κ1) is 20.9. The van der Waals surface area contributed by atoms with Crippen LogP contribution < -0.4 is 10.1 Å². The topological polar surface area (TPSA) is 74.2 Å². The minimum Gasteiger partial charge on any atom is -0.494 e. The van der Waals surface area contributed by atoms with Gasteiger partial charge < -0.3 is 14.5 Å². The van der Waals surface area contributed by atoms with Crippen molar-refractivity contribution in [3.8, 4) is 5.75 Å². The van der Waals surface area contributed by atoms with Crippen molar-refractivity contribution >= 4 is 23.5 Å². The summed E-state index contributed by atoms with van der Waals surface area (Å²) < 4.78 is 5.87. The molecule has 2 aliphatic heterocycles. The van der Waals surface area contributed by atoms with Gasteiger partial charge in [-0.2, -0.15) is 0 Å². The summed E-state index contributed by atoms with van der Waals surface area (Å²) in [6, 6.07) is 15.9. The van der Waals surface area contributed by atoms with Gasteiger partial charge in [0.2, 0.25) is 17.8 Å². The number of hydrogen-bond acceptors (Lipinski definition) is 5. The smallest absolute Gasteiger partial charge is 0.246 e. The van der Waals surface area contributed by atoms with Crippen LogP contribution in [0.15, 0.2) is 53.5 Å². The van der Waals surface area contributed by atoms with Crippen LogP contribution >= 0.6 is 0 Å². The summed E-state index contributed by atoms with van der Waals surface area (Å²) in [7, 11) is 1.86. The Balaban J connectivity index is 1.15. The summed E-state index contributed by atoms with van der Waals surface area (Å²) in [6.07, 6.45) is 3.25. The number of aliphatic imine (C=N–C) groups is 1. The van der Waals surface area contributed by atoms with Gasteiger partial charge in [-0.25, -0.2) is 4.99 Å². The van der Waals surface area contributed by atoms with E-state index in [0.717, 1.165) is 41.8 Å². The van der Waals surface area contributed by atoms with Gasteiger partial charge in [0.25, 0.3) is 0 Å². The standard InChI is InChI=1S/C24H28N4O3/c1-27(15-18-8-4-2-5-9-18)23(30)10-6-3-7-13-31-20-12-11-19-16-28-17-22(29)26-24(28)25-21(19)14-20/h2,4-5,8-9,11-12,14H,3,6-7,10,13,15-17H2,1H3,(H,25,26,29). The van der Waals surface area contributed by atoms with Crippen LogP contribution in [0.25, 0.3) is 0 Å². The molecule has 0 radical (unpaired) electrons. The number of unbranched alkanes of at least 4 members (excludes halogenated alkanes) is 2. The second-order valence-electron chi connectivity index (χ2n) is 8.02. The van der Waals surface area contributed by atoms with Crippen LogP contribution in [0, 0.1) is 0 Å². The summed E-state index contributed by atoms with van der Waals surface area (Å²) >= 11 is 0. The van der Waals surface area contributed by atoms with Gasteiger partial charge >= 0.3 is 0 Å². The van der Waals surface area contributed by atoms with Crippen molar-refractivity contribution < 1.29 is 14.3 Å².